The average molecular weight is 270 g/mol. The summed E-state index contributed by atoms with van der Waals surface area (Å²) in [6.07, 6.45) is -0.0458. The number of nitrogens with one attached hydrogen (secondary N) is 1. The van der Waals surface area contributed by atoms with E-state index in [2.05, 4.69) is 15.5 Å². The van der Waals surface area contributed by atoms with E-state index in [1.165, 1.54) is 18.2 Å². The van der Waals surface area contributed by atoms with Gasteiger partial charge in [-0.25, -0.2) is 4.39 Å². The number of halogens is 2. The van der Waals surface area contributed by atoms with Gasteiger partial charge in [-0.2, -0.15) is 4.98 Å². The maximum atomic E-state index is 12.9. The number of aryl methyl sites for hydroxylation is 1. The molecule has 0 saturated heterocycles. The summed E-state index contributed by atoms with van der Waals surface area (Å²) in [6, 6.07) is 3.92. The van der Waals surface area contributed by atoms with Gasteiger partial charge in [0.1, 0.15) is 12.2 Å². The lowest BCUT2D eigenvalue weighted by Crippen LogP contribution is -2.14. The van der Waals surface area contributed by atoms with E-state index in [0.717, 1.165) is 0 Å². The molecule has 0 aliphatic rings. The van der Waals surface area contributed by atoms with Gasteiger partial charge in [-0.15, -0.1) is 0 Å². The van der Waals surface area contributed by atoms with Crippen LogP contribution in [0.1, 0.15) is 11.7 Å². The van der Waals surface area contributed by atoms with E-state index in [0.29, 0.717) is 11.5 Å². The Morgan fingerprint density at radius 1 is 1.56 bits per heavy atom. The van der Waals surface area contributed by atoms with Crippen molar-refractivity contribution in [1.82, 2.24) is 10.1 Å². The Balaban J connectivity index is 2.00. The number of anilines is 1. The van der Waals surface area contributed by atoms with Crippen molar-refractivity contribution in [2.75, 3.05) is 5.32 Å². The van der Waals surface area contributed by atoms with Crippen molar-refractivity contribution in [3.8, 4) is 0 Å². The smallest absolute Gasteiger partial charge is 0.236 e. The van der Waals surface area contributed by atoms with Crippen molar-refractivity contribution in [2.45, 2.75) is 13.3 Å². The van der Waals surface area contributed by atoms with E-state index in [1.54, 1.807) is 6.92 Å². The number of nitrogens with zero attached hydrogens (tertiary/aromatic N) is 2. The largest absolute Gasteiger partial charge is 0.339 e. The van der Waals surface area contributed by atoms with Gasteiger partial charge in [0.15, 0.2) is 5.82 Å². The maximum absolute atomic E-state index is 12.9. The molecule has 0 fully saturated rings. The molecule has 0 saturated carbocycles. The molecule has 0 aliphatic heterocycles. The molecule has 0 bridgehead atoms. The van der Waals surface area contributed by atoms with Crippen molar-refractivity contribution in [3.05, 3.63) is 40.8 Å². The van der Waals surface area contributed by atoms with E-state index in [1.807, 2.05) is 0 Å². The lowest BCUT2D eigenvalue weighted by atomic mass is 10.3. The van der Waals surface area contributed by atoms with Gasteiger partial charge in [0.25, 0.3) is 0 Å². The van der Waals surface area contributed by atoms with Gasteiger partial charge in [-0.1, -0.05) is 16.8 Å². The van der Waals surface area contributed by atoms with E-state index in [9.17, 15) is 9.18 Å². The van der Waals surface area contributed by atoms with E-state index < -0.39 is 5.82 Å². The van der Waals surface area contributed by atoms with E-state index in [4.69, 9.17) is 16.1 Å². The fourth-order valence-corrected chi connectivity index (χ4v) is 1.51. The first kappa shape index (κ1) is 12.5. The van der Waals surface area contributed by atoms with Crippen LogP contribution in [-0.4, -0.2) is 16.0 Å². The highest BCUT2D eigenvalue weighted by atomic mass is 35.5. The molecule has 94 valence electrons. The summed E-state index contributed by atoms with van der Waals surface area (Å²) in [5.41, 5.74) is 0.405. The standard InChI is InChI=1S/C11H9ClFN3O2/c1-6-14-11(18-16-6)5-10(17)15-7-2-3-9(13)8(12)4-7/h2-4H,5H2,1H3,(H,15,17). The van der Waals surface area contributed by atoms with Crippen molar-refractivity contribution >= 4 is 23.2 Å². The van der Waals surface area contributed by atoms with Gasteiger partial charge in [0.05, 0.1) is 5.02 Å². The fraction of sp³-hybridized carbons (Fsp3) is 0.182. The molecule has 18 heavy (non-hydrogen) atoms. The van der Waals surface area contributed by atoms with Crippen LogP contribution in [0.3, 0.4) is 0 Å². The highest BCUT2D eigenvalue weighted by molar-refractivity contribution is 6.31. The van der Waals surface area contributed by atoms with Crippen LogP contribution < -0.4 is 5.32 Å². The summed E-state index contributed by atoms with van der Waals surface area (Å²) in [5.74, 6) is -0.204. The van der Waals surface area contributed by atoms with Crippen LogP contribution in [0, 0.1) is 12.7 Å². The zero-order chi connectivity index (χ0) is 13.1. The molecule has 2 aromatic rings. The third-order valence-electron chi connectivity index (χ3n) is 2.08. The van der Waals surface area contributed by atoms with Crippen LogP contribution in [0.15, 0.2) is 22.7 Å². The number of rotatable bonds is 3. The number of hydrogen-bond donors (Lipinski definition) is 1. The van der Waals surface area contributed by atoms with Crippen molar-refractivity contribution in [2.24, 2.45) is 0 Å². The molecule has 1 aromatic heterocycles. The van der Waals surface area contributed by atoms with Crippen LogP contribution in [0.4, 0.5) is 10.1 Å². The predicted molar refractivity (Wildman–Crippen MR) is 62.8 cm³/mol. The zero-order valence-electron chi connectivity index (χ0n) is 9.41. The minimum Gasteiger partial charge on any atom is -0.339 e. The molecule has 0 unspecified atom stereocenters. The number of hydrogen-bond acceptors (Lipinski definition) is 4. The minimum atomic E-state index is -0.540. The first-order valence-corrected chi connectivity index (χ1v) is 5.46. The number of carbonyl (C=O) groups is 1. The number of carbonyl (C=O) groups excluding carboxylic acids is 1. The Bertz CT molecular complexity index is 585. The molecule has 1 amide bonds. The van der Waals surface area contributed by atoms with Crippen LogP contribution in [0.5, 0.6) is 0 Å². The van der Waals surface area contributed by atoms with Gasteiger partial charge in [-0.05, 0) is 25.1 Å². The first-order chi connectivity index (χ1) is 8.54. The Morgan fingerprint density at radius 3 is 2.94 bits per heavy atom. The lowest BCUT2D eigenvalue weighted by molar-refractivity contribution is -0.115. The minimum absolute atomic E-state index is 0.0458. The zero-order valence-corrected chi connectivity index (χ0v) is 10.2. The highest BCUT2D eigenvalue weighted by Crippen LogP contribution is 2.19. The molecule has 5 nitrogen and oxygen atoms in total. The molecular weight excluding hydrogens is 261 g/mol. The van der Waals surface area contributed by atoms with Crippen LogP contribution in [-0.2, 0) is 11.2 Å². The topological polar surface area (TPSA) is 68.0 Å². The highest BCUT2D eigenvalue weighted by Gasteiger charge is 2.10. The van der Waals surface area contributed by atoms with Gasteiger partial charge in [-0.3, -0.25) is 4.79 Å². The molecule has 0 aliphatic carbocycles. The maximum Gasteiger partial charge on any atom is 0.236 e. The van der Waals surface area contributed by atoms with E-state index >= 15 is 0 Å². The SMILES string of the molecule is Cc1noc(CC(=O)Nc2ccc(F)c(Cl)c2)n1. The fourth-order valence-electron chi connectivity index (χ4n) is 1.33. The molecule has 1 heterocycles. The summed E-state index contributed by atoms with van der Waals surface area (Å²) in [4.78, 5) is 15.5. The second-order valence-corrected chi connectivity index (χ2v) is 4.00. The summed E-state index contributed by atoms with van der Waals surface area (Å²) in [6.45, 7) is 1.66. The normalized spacial score (nSPS) is 10.4. The molecule has 7 heteroatoms. The van der Waals surface area contributed by atoms with Crippen molar-refractivity contribution in [3.63, 3.8) is 0 Å². The van der Waals surface area contributed by atoms with Crippen LogP contribution in [0.2, 0.25) is 5.02 Å². The third kappa shape index (κ3) is 3.04. The molecule has 1 aromatic carbocycles. The van der Waals surface area contributed by atoms with Gasteiger partial charge < -0.3 is 9.84 Å². The molecular formula is C11H9ClFN3O2. The Labute approximate surface area is 107 Å². The van der Waals surface area contributed by atoms with Gasteiger partial charge >= 0.3 is 0 Å². The summed E-state index contributed by atoms with van der Waals surface area (Å²) < 4.78 is 17.7. The molecule has 1 N–H and O–H groups in total. The van der Waals surface area contributed by atoms with Gasteiger partial charge in [0, 0.05) is 5.69 Å². The van der Waals surface area contributed by atoms with Crippen molar-refractivity contribution in [1.29, 1.82) is 0 Å². The molecule has 2 rings (SSSR count). The van der Waals surface area contributed by atoms with Gasteiger partial charge in [0.2, 0.25) is 11.8 Å². The van der Waals surface area contributed by atoms with Crippen molar-refractivity contribution < 1.29 is 13.7 Å². The first-order valence-electron chi connectivity index (χ1n) is 5.08. The van der Waals surface area contributed by atoms with E-state index in [-0.39, 0.29) is 23.2 Å². The molecule has 0 spiro atoms. The molecule has 0 atom stereocenters. The quantitative estimate of drug-likeness (QED) is 0.929. The second kappa shape index (κ2) is 5.14. The summed E-state index contributed by atoms with van der Waals surface area (Å²) in [7, 11) is 0. The third-order valence-corrected chi connectivity index (χ3v) is 2.37. The average Bonchev–Trinajstić information content (AvgIpc) is 2.69. The number of amides is 1. The summed E-state index contributed by atoms with van der Waals surface area (Å²) >= 11 is 5.59. The lowest BCUT2D eigenvalue weighted by Gasteiger charge is -2.04. The molecule has 0 radical (unpaired) electrons. The number of benzene rings is 1. The predicted octanol–water partition coefficient (Wildman–Crippen LogP) is 2.35. The Kier molecular flexibility index (Phi) is 3.57. The number of aromatic nitrogens is 2. The Morgan fingerprint density at radius 2 is 2.33 bits per heavy atom. The van der Waals surface area contributed by atoms with Crippen LogP contribution in [0.25, 0.3) is 0 Å². The summed E-state index contributed by atoms with van der Waals surface area (Å²) in [5, 5.41) is 6.06. The Hall–Kier alpha value is -1.95. The monoisotopic (exact) mass is 269 g/mol. The van der Waals surface area contributed by atoms with Crippen LogP contribution >= 0.6 is 11.6 Å². The second-order valence-electron chi connectivity index (χ2n) is 3.59.